The highest BCUT2D eigenvalue weighted by Gasteiger charge is 2.39. The number of nitrogens with zero attached hydrogens (tertiary/aromatic N) is 3. The van der Waals surface area contributed by atoms with E-state index in [2.05, 4.69) is 22.4 Å². The van der Waals surface area contributed by atoms with Crippen molar-refractivity contribution in [3.05, 3.63) is 42.2 Å². The summed E-state index contributed by atoms with van der Waals surface area (Å²) < 4.78 is 1.85. The SMILES string of the molecule is CC1CC1C(=O)Nc1nncn1Cc1ccccc1. The zero-order valence-electron chi connectivity index (χ0n) is 10.8. The van der Waals surface area contributed by atoms with Crippen molar-refractivity contribution in [1.82, 2.24) is 14.8 Å². The van der Waals surface area contributed by atoms with Gasteiger partial charge < -0.3 is 0 Å². The number of nitrogens with one attached hydrogen (secondary N) is 1. The molecular formula is C14H16N4O. The number of hydrogen-bond donors (Lipinski definition) is 1. The van der Waals surface area contributed by atoms with Gasteiger partial charge in [0.05, 0.1) is 6.54 Å². The van der Waals surface area contributed by atoms with Gasteiger partial charge in [0.2, 0.25) is 11.9 Å². The second-order valence-corrected chi connectivity index (χ2v) is 5.08. The van der Waals surface area contributed by atoms with Crippen molar-refractivity contribution in [1.29, 1.82) is 0 Å². The van der Waals surface area contributed by atoms with E-state index in [0.29, 0.717) is 18.4 Å². The Morgan fingerprint density at radius 3 is 2.84 bits per heavy atom. The van der Waals surface area contributed by atoms with Crippen LogP contribution >= 0.6 is 0 Å². The largest absolute Gasteiger partial charge is 0.295 e. The minimum absolute atomic E-state index is 0.0508. The van der Waals surface area contributed by atoms with Crippen LogP contribution in [-0.4, -0.2) is 20.7 Å². The molecule has 0 aliphatic heterocycles. The third-order valence-electron chi connectivity index (χ3n) is 3.49. The molecule has 2 atom stereocenters. The van der Waals surface area contributed by atoms with Crippen LogP contribution in [0.4, 0.5) is 5.95 Å². The number of rotatable bonds is 4. The van der Waals surface area contributed by atoms with Gasteiger partial charge in [0.15, 0.2) is 0 Å². The summed E-state index contributed by atoms with van der Waals surface area (Å²) in [7, 11) is 0. The third-order valence-corrected chi connectivity index (χ3v) is 3.49. The molecule has 2 unspecified atom stereocenters. The standard InChI is InChI=1S/C14H16N4O/c1-10-7-12(10)13(19)16-14-17-15-9-18(14)8-11-5-3-2-4-6-11/h2-6,9-10,12H,7-8H2,1H3,(H,16,17,19). The molecule has 1 aliphatic rings. The van der Waals surface area contributed by atoms with Crippen LogP contribution in [0, 0.1) is 11.8 Å². The lowest BCUT2D eigenvalue weighted by Crippen LogP contribution is -2.18. The van der Waals surface area contributed by atoms with Crippen molar-refractivity contribution in [3.63, 3.8) is 0 Å². The van der Waals surface area contributed by atoms with Crippen LogP contribution in [0.1, 0.15) is 18.9 Å². The van der Waals surface area contributed by atoms with Gasteiger partial charge in [-0.05, 0) is 17.9 Å². The Kier molecular flexibility index (Phi) is 3.03. The molecule has 0 saturated heterocycles. The smallest absolute Gasteiger partial charge is 0.231 e. The molecule has 0 bridgehead atoms. The van der Waals surface area contributed by atoms with Gasteiger partial charge >= 0.3 is 0 Å². The van der Waals surface area contributed by atoms with Crippen LogP contribution in [-0.2, 0) is 11.3 Å². The average molecular weight is 256 g/mol. The molecule has 1 amide bonds. The normalized spacial score (nSPS) is 21.1. The molecule has 1 saturated carbocycles. The monoisotopic (exact) mass is 256 g/mol. The zero-order chi connectivity index (χ0) is 13.2. The molecule has 1 heterocycles. The first-order valence-electron chi connectivity index (χ1n) is 6.46. The lowest BCUT2D eigenvalue weighted by atomic mass is 10.2. The fourth-order valence-corrected chi connectivity index (χ4v) is 2.14. The van der Waals surface area contributed by atoms with E-state index in [1.165, 1.54) is 0 Å². The van der Waals surface area contributed by atoms with Gasteiger partial charge in [-0.15, -0.1) is 10.2 Å². The third kappa shape index (κ3) is 2.65. The second-order valence-electron chi connectivity index (χ2n) is 5.08. The van der Waals surface area contributed by atoms with Crippen LogP contribution in [0.15, 0.2) is 36.7 Å². The Balaban J connectivity index is 1.70. The molecule has 98 valence electrons. The molecule has 1 N–H and O–H groups in total. The summed E-state index contributed by atoms with van der Waals surface area (Å²) in [4.78, 5) is 11.9. The maximum Gasteiger partial charge on any atom is 0.231 e. The molecule has 1 aliphatic carbocycles. The molecule has 19 heavy (non-hydrogen) atoms. The van der Waals surface area contributed by atoms with E-state index < -0.39 is 0 Å². The molecule has 1 fully saturated rings. The Morgan fingerprint density at radius 1 is 1.42 bits per heavy atom. The molecule has 1 aromatic carbocycles. The van der Waals surface area contributed by atoms with Crippen molar-refractivity contribution in [2.45, 2.75) is 19.9 Å². The summed E-state index contributed by atoms with van der Waals surface area (Å²) in [6, 6.07) is 10.0. The van der Waals surface area contributed by atoms with Gasteiger partial charge in [-0.1, -0.05) is 37.3 Å². The minimum atomic E-state index is 0.0508. The topological polar surface area (TPSA) is 59.8 Å². The van der Waals surface area contributed by atoms with Gasteiger partial charge in [-0.3, -0.25) is 14.7 Å². The fourth-order valence-electron chi connectivity index (χ4n) is 2.14. The quantitative estimate of drug-likeness (QED) is 0.909. The van der Waals surface area contributed by atoms with E-state index in [-0.39, 0.29) is 11.8 Å². The first kappa shape index (κ1) is 11.9. The van der Waals surface area contributed by atoms with Crippen molar-refractivity contribution < 1.29 is 4.79 Å². The van der Waals surface area contributed by atoms with Crippen molar-refractivity contribution >= 4 is 11.9 Å². The number of amides is 1. The zero-order valence-corrected chi connectivity index (χ0v) is 10.8. The maximum absolute atomic E-state index is 11.9. The predicted octanol–water partition coefficient (Wildman–Crippen LogP) is 1.92. The first-order valence-corrected chi connectivity index (χ1v) is 6.46. The summed E-state index contributed by atoms with van der Waals surface area (Å²) in [6.45, 7) is 2.74. The second kappa shape index (κ2) is 4.84. The lowest BCUT2D eigenvalue weighted by molar-refractivity contribution is -0.117. The number of carbonyl (C=O) groups is 1. The highest BCUT2D eigenvalue weighted by Crippen LogP contribution is 2.38. The molecule has 0 radical (unpaired) electrons. The van der Waals surface area contributed by atoms with E-state index in [9.17, 15) is 4.79 Å². The van der Waals surface area contributed by atoms with Crippen LogP contribution < -0.4 is 5.32 Å². The van der Waals surface area contributed by atoms with Crippen LogP contribution in [0.25, 0.3) is 0 Å². The average Bonchev–Trinajstić information content (AvgIpc) is 3.00. The summed E-state index contributed by atoms with van der Waals surface area (Å²) in [5.41, 5.74) is 1.15. The van der Waals surface area contributed by atoms with Crippen LogP contribution in [0.3, 0.4) is 0 Å². The van der Waals surface area contributed by atoms with Crippen molar-refractivity contribution in [3.8, 4) is 0 Å². The highest BCUT2D eigenvalue weighted by molar-refractivity contribution is 5.92. The summed E-state index contributed by atoms with van der Waals surface area (Å²) >= 11 is 0. The number of carbonyl (C=O) groups excluding carboxylic acids is 1. The van der Waals surface area contributed by atoms with Gasteiger partial charge in [-0.2, -0.15) is 0 Å². The molecule has 2 aromatic rings. The van der Waals surface area contributed by atoms with E-state index >= 15 is 0 Å². The molecule has 3 rings (SSSR count). The summed E-state index contributed by atoms with van der Waals surface area (Å²) in [5, 5.41) is 10.7. The first-order chi connectivity index (χ1) is 9.24. The van der Waals surface area contributed by atoms with Gasteiger partial charge in [0.1, 0.15) is 6.33 Å². The molecule has 5 nitrogen and oxygen atoms in total. The van der Waals surface area contributed by atoms with Gasteiger partial charge in [0, 0.05) is 5.92 Å². The van der Waals surface area contributed by atoms with E-state index in [1.807, 2.05) is 34.9 Å². The van der Waals surface area contributed by atoms with E-state index in [4.69, 9.17) is 0 Å². The van der Waals surface area contributed by atoms with Gasteiger partial charge in [-0.25, -0.2) is 0 Å². The van der Waals surface area contributed by atoms with Crippen molar-refractivity contribution in [2.75, 3.05) is 5.32 Å². The Hall–Kier alpha value is -2.17. The Labute approximate surface area is 111 Å². The molecule has 5 heteroatoms. The molecule has 0 spiro atoms. The Morgan fingerprint density at radius 2 is 2.16 bits per heavy atom. The van der Waals surface area contributed by atoms with Crippen LogP contribution in [0.2, 0.25) is 0 Å². The van der Waals surface area contributed by atoms with E-state index in [0.717, 1.165) is 12.0 Å². The van der Waals surface area contributed by atoms with E-state index in [1.54, 1.807) is 6.33 Å². The number of benzene rings is 1. The number of hydrogen-bond acceptors (Lipinski definition) is 3. The number of anilines is 1. The molecule has 1 aromatic heterocycles. The van der Waals surface area contributed by atoms with Crippen molar-refractivity contribution in [2.24, 2.45) is 11.8 Å². The maximum atomic E-state index is 11.9. The predicted molar refractivity (Wildman–Crippen MR) is 71.5 cm³/mol. The summed E-state index contributed by atoms with van der Waals surface area (Å²) in [5.74, 6) is 1.20. The number of aromatic nitrogens is 3. The highest BCUT2D eigenvalue weighted by atomic mass is 16.2. The minimum Gasteiger partial charge on any atom is -0.295 e. The fraction of sp³-hybridized carbons (Fsp3) is 0.357. The van der Waals surface area contributed by atoms with Gasteiger partial charge in [0.25, 0.3) is 0 Å². The van der Waals surface area contributed by atoms with Crippen LogP contribution in [0.5, 0.6) is 0 Å². The lowest BCUT2D eigenvalue weighted by Gasteiger charge is -2.07. The molecular weight excluding hydrogens is 240 g/mol. The summed E-state index contributed by atoms with van der Waals surface area (Å²) in [6.07, 6.45) is 2.61. The Bertz CT molecular complexity index is 578.